The normalized spacial score (nSPS) is 13.0. The molecule has 0 aliphatic heterocycles. The van der Waals surface area contributed by atoms with Crippen LogP contribution in [0.5, 0.6) is 0 Å². The van der Waals surface area contributed by atoms with Crippen LogP contribution in [0.2, 0.25) is 0 Å². The summed E-state index contributed by atoms with van der Waals surface area (Å²) < 4.78 is 1.07. The van der Waals surface area contributed by atoms with Gasteiger partial charge in [0.25, 0.3) is 0 Å². The van der Waals surface area contributed by atoms with E-state index >= 15 is 0 Å². The smallest absolute Gasteiger partial charge is 0.240 e. The first-order chi connectivity index (χ1) is 9.73. The summed E-state index contributed by atoms with van der Waals surface area (Å²) in [7, 11) is 2.00. The zero-order valence-electron chi connectivity index (χ0n) is 13.9. The third kappa shape index (κ3) is 5.11. The Hall–Kier alpha value is -0.870. The monoisotopic (exact) mass is 354 g/mol. The van der Waals surface area contributed by atoms with Gasteiger partial charge >= 0.3 is 0 Å². The number of carbonyl (C=O) groups is 1. The first-order valence-electron chi connectivity index (χ1n) is 7.51. The maximum absolute atomic E-state index is 12.7. The van der Waals surface area contributed by atoms with Crippen molar-refractivity contribution in [3.8, 4) is 0 Å². The number of hydrogen-bond acceptors (Lipinski definition) is 2. The number of halogens is 1. The average Bonchev–Trinajstić information content (AvgIpc) is 2.39. The summed E-state index contributed by atoms with van der Waals surface area (Å²) in [6, 6.07) is 8.55. The van der Waals surface area contributed by atoms with Gasteiger partial charge in [-0.3, -0.25) is 9.69 Å². The molecule has 3 nitrogen and oxygen atoms in total. The second kappa shape index (κ2) is 7.95. The third-order valence-corrected chi connectivity index (χ3v) is 4.26. The van der Waals surface area contributed by atoms with Gasteiger partial charge in [0.05, 0.1) is 6.04 Å². The largest absolute Gasteiger partial charge is 0.336 e. The van der Waals surface area contributed by atoms with Crippen molar-refractivity contribution < 1.29 is 4.79 Å². The van der Waals surface area contributed by atoms with Crippen LogP contribution >= 0.6 is 15.9 Å². The molecule has 0 saturated carbocycles. The quantitative estimate of drug-likeness (QED) is 0.772. The molecular formula is C17H27BrN2O. The van der Waals surface area contributed by atoms with Crippen molar-refractivity contribution in [1.82, 2.24) is 9.80 Å². The molecule has 0 spiro atoms. The van der Waals surface area contributed by atoms with Crippen LogP contribution < -0.4 is 0 Å². The Kier molecular flexibility index (Phi) is 6.88. The fourth-order valence-corrected chi connectivity index (χ4v) is 2.79. The van der Waals surface area contributed by atoms with Gasteiger partial charge in [0.1, 0.15) is 0 Å². The molecule has 0 heterocycles. The molecule has 0 aliphatic rings. The van der Waals surface area contributed by atoms with E-state index in [0.717, 1.165) is 11.0 Å². The van der Waals surface area contributed by atoms with Crippen molar-refractivity contribution in [2.75, 3.05) is 7.05 Å². The van der Waals surface area contributed by atoms with Gasteiger partial charge in [-0.05, 0) is 59.4 Å². The van der Waals surface area contributed by atoms with E-state index in [1.807, 2.05) is 31.0 Å². The van der Waals surface area contributed by atoms with E-state index in [9.17, 15) is 4.79 Å². The Morgan fingerprint density at radius 3 is 1.95 bits per heavy atom. The fourth-order valence-electron chi connectivity index (χ4n) is 2.52. The van der Waals surface area contributed by atoms with Crippen LogP contribution in [0.1, 0.15) is 40.2 Å². The summed E-state index contributed by atoms with van der Waals surface area (Å²) in [4.78, 5) is 16.8. The Labute approximate surface area is 137 Å². The van der Waals surface area contributed by atoms with Crippen molar-refractivity contribution in [2.24, 2.45) is 0 Å². The summed E-state index contributed by atoms with van der Waals surface area (Å²) in [5.74, 6) is 0.194. The Balaban J connectivity index is 2.74. The minimum atomic E-state index is -0.126. The third-order valence-electron chi connectivity index (χ3n) is 3.73. The van der Waals surface area contributed by atoms with Crippen molar-refractivity contribution in [2.45, 2.75) is 59.3 Å². The van der Waals surface area contributed by atoms with E-state index in [0.29, 0.717) is 0 Å². The molecule has 4 heteroatoms. The van der Waals surface area contributed by atoms with Gasteiger partial charge in [-0.2, -0.15) is 0 Å². The molecule has 0 radical (unpaired) electrons. The van der Waals surface area contributed by atoms with Gasteiger partial charge in [0, 0.05) is 23.1 Å². The first-order valence-corrected chi connectivity index (χ1v) is 8.30. The highest BCUT2D eigenvalue weighted by Crippen LogP contribution is 2.15. The minimum Gasteiger partial charge on any atom is -0.336 e. The molecule has 1 aromatic carbocycles. The lowest BCUT2D eigenvalue weighted by Gasteiger charge is -2.35. The van der Waals surface area contributed by atoms with E-state index in [-0.39, 0.29) is 24.0 Å². The van der Waals surface area contributed by atoms with Crippen molar-refractivity contribution in [1.29, 1.82) is 0 Å². The molecule has 1 atom stereocenters. The molecule has 0 aromatic heterocycles. The number of likely N-dealkylation sites (N-methyl/N-ethyl adjacent to an activating group) is 1. The zero-order chi connectivity index (χ0) is 16.2. The van der Waals surface area contributed by atoms with Gasteiger partial charge in [-0.1, -0.05) is 28.1 Å². The number of hydrogen-bond donors (Lipinski definition) is 0. The highest BCUT2D eigenvalue weighted by molar-refractivity contribution is 9.10. The maximum Gasteiger partial charge on any atom is 0.240 e. The van der Waals surface area contributed by atoms with E-state index in [4.69, 9.17) is 0 Å². The predicted molar refractivity (Wildman–Crippen MR) is 92.2 cm³/mol. The lowest BCUT2D eigenvalue weighted by molar-refractivity contribution is -0.139. The number of carbonyl (C=O) groups excluding carboxylic acids is 1. The SMILES string of the molecule is CC(C(=O)N(C(C)C)C(C)C)N(C)Cc1ccc(Br)cc1. The summed E-state index contributed by atoms with van der Waals surface area (Å²) in [5, 5.41) is 0. The van der Waals surface area contributed by atoms with Crippen molar-refractivity contribution in [3.05, 3.63) is 34.3 Å². The number of nitrogens with zero attached hydrogens (tertiary/aromatic N) is 2. The molecule has 0 N–H and O–H groups in total. The molecule has 118 valence electrons. The van der Waals surface area contributed by atoms with Crippen molar-refractivity contribution >= 4 is 21.8 Å². The Morgan fingerprint density at radius 1 is 1.05 bits per heavy atom. The molecule has 1 rings (SSSR count). The summed E-state index contributed by atoms with van der Waals surface area (Å²) in [6.07, 6.45) is 0. The number of benzene rings is 1. The van der Waals surface area contributed by atoms with Gasteiger partial charge in [-0.15, -0.1) is 0 Å². The lowest BCUT2D eigenvalue weighted by Crippen LogP contribution is -2.50. The molecule has 0 fully saturated rings. The Bertz CT molecular complexity index is 448. The summed E-state index contributed by atoms with van der Waals surface area (Å²) in [5.41, 5.74) is 1.21. The first kappa shape index (κ1) is 18.2. The molecule has 21 heavy (non-hydrogen) atoms. The molecular weight excluding hydrogens is 328 g/mol. The highest BCUT2D eigenvalue weighted by Gasteiger charge is 2.27. The van der Waals surface area contributed by atoms with E-state index < -0.39 is 0 Å². The van der Waals surface area contributed by atoms with Crippen LogP contribution in [0, 0.1) is 0 Å². The average molecular weight is 355 g/mol. The molecule has 1 amide bonds. The Morgan fingerprint density at radius 2 is 1.52 bits per heavy atom. The fraction of sp³-hybridized carbons (Fsp3) is 0.588. The highest BCUT2D eigenvalue weighted by atomic mass is 79.9. The molecule has 0 aliphatic carbocycles. The van der Waals surface area contributed by atoms with Crippen LogP contribution in [0.4, 0.5) is 0 Å². The number of amides is 1. The second-order valence-corrected chi connectivity index (χ2v) is 7.07. The van der Waals surface area contributed by atoms with Gasteiger partial charge in [-0.25, -0.2) is 0 Å². The maximum atomic E-state index is 12.7. The summed E-state index contributed by atoms with van der Waals surface area (Å²) in [6.45, 7) is 11.0. The summed E-state index contributed by atoms with van der Waals surface area (Å²) >= 11 is 3.44. The lowest BCUT2D eigenvalue weighted by atomic mass is 10.1. The van der Waals surface area contributed by atoms with Crippen LogP contribution in [-0.2, 0) is 11.3 Å². The van der Waals surface area contributed by atoms with Crippen LogP contribution in [0.25, 0.3) is 0 Å². The standard InChI is InChI=1S/C17H27BrN2O/c1-12(2)20(13(3)4)17(21)14(5)19(6)11-15-7-9-16(18)10-8-15/h7-10,12-14H,11H2,1-6H3. The van der Waals surface area contributed by atoms with Crippen LogP contribution in [0.3, 0.4) is 0 Å². The van der Waals surface area contributed by atoms with Crippen molar-refractivity contribution in [3.63, 3.8) is 0 Å². The van der Waals surface area contributed by atoms with Gasteiger partial charge in [0.2, 0.25) is 5.91 Å². The molecule has 1 aromatic rings. The van der Waals surface area contributed by atoms with Crippen LogP contribution in [0.15, 0.2) is 28.7 Å². The molecule has 1 unspecified atom stereocenters. The van der Waals surface area contributed by atoms with E-state index in [2.05, 4.69) is 60.7 Å². The zero-order valence-corrected chi connectivity index (χ0v) is 15.5. The molecule has 0 saturated heterocycles. The van der Waals surface area contributed by atoms with E-state index in [1.54, 1.807) is 0 Å². The van der Waals surface area contributed by atoms with Gasteiger partial charge in [0.15, 0.2) is 0 Å². The second-order valence-electron chi connectivity index (χ2n) is 6.15. The number of rotatable bonds is 6. The minimum absolute atomic E-state index is 0.126. The van der Waals surface area contributed by atoms with E-state index in [1.165, 1.54) is 5.56 Å². The predicted octanol–water partition coefficient (Wildman–Crippen LogP) is 3.91. The van der Waals surface area contributed by atoms with Gasteiger partial charge < -0.3 is 4.90 Å². The van der Waals surface area contributed by atoms with Crippen LogP contribution in [-0.4, -0.2) is 40.9 Å². The molecule has 0 bridgehead atoms. The topological polar surface area (TPSA) is 23.6 Å².